The molecule has 5 atom stereocenters. The Labute approximate surface area is 344 Å². The number of hydrogen-bond donors (Lipinski definition) is 2. The van der Waals surface area contributed by atoms with Gasteiger partial charge in [-0.1, -0.05) is 57.2 Å². The van der Waals surface area contributed by atoms with Crippen molar-refractivity contribution < 1.29 is 46.2 Å². The van der Waals surface area contributed by atoms with Crippen LogP contribution in [0.25, 0.3) is 33.3 Å². The van der Waals surface area contributed by atoms with E-state index in [0.717, 1.165) is 5.56 Å². The number of ether oxygens (including phenoxy) is 3. The van der Waals surface area contributed by atoms with E-state index in [0.29, 0.717) is 52.1 Å². The lowest BCUT2D eigenvalue weighted by Gasteiger charge is -2.35. The molecule has 3 aliphatic rings. The van der Waals surface area contributed by atoms with Crippen molar-refractivity contribution in [2.24, 2.45) is 17.3 Å². The highest BCUT2D eigenvalue weighted by Gasteiger charge is 2.62. The molecule has 59 heavy (non-hydrogen) atoms. The fraction of sp³-hybridized carbons (Fsp3) is 0.477. The van der Waals surface area contributed by atoms with Gasteiger partial charge in [-0.25, -0.2) is 13.4 Å². The maximum Gasteiger partial charge on any atom is 0.307 e. The zero-order valence-electron chi connectivity index (χ0n) is 34.5. The average Bonchev–Trinajstić information content (AvgIpc) is 4.08. The number of methoxy groups -OCH3 is 1. The number of nitrogens with zero attached hydrogens (tertiary/aromatic N) is 2. The molecule has 15 heteroatoms. The van der Waals surface area contributed by atoms with Gasteiger partial charge in [-0.15, -0.1) is 6.58 Å². The Morgan fingerprint density at radius 2 is 1.76 bits per heavy atom. The summed E-state index contributed by atoms with van der Waals surface area (Å²) >= 11 is 0. The summed E-state index contributed by atoms with van der Waals surface area (Å²) in [5, 5.41) is 2.88. The molecule has 1 aliphatic heterocycles. The van der Waals surface area contributed by atoms with Gasteiger partial charge in [0.1, 0.15) is 40.1 Å². The van der Waals surface area contributed by atoms with E-state index in [-0.39, 0.29) is 25.8 Å². The molecule has 2 N–H and O–H groups in total. The molecule has 2 aliphatic carbocycles. The van der Waals surface area contributed by atoms with E-state index in [9.17, 15) is 27.6 Å². The standard InChI is InChI=1S/C44H52N4O10S/c1-9-26-23-44(26,41(52)47-59(53,54)29-16-17-29)46-39(50)33-20-28(24-48(33)40(51)31(42(2,3)4)21-36(49)58-43(5,6)7)56-35-22-32(25-13-11-10-12-14-25)45-37-30-19-27(55-8)15-18-34(30)57-38(35)37/h9-15,18-19,22,26,28-29,31,33H,1,16-17,20-21,23-24H2,2-8H3,(H,46,50)(H,47,52)/t26-,28-,31-,33+,44-/m1/s1. The number of sulfonamides is 1. The van der Waals surface area contributed by atoms with Crippen LogP contribution in [-0.4, -0.2) is 84.2 Å². The molecule has 0 spiro atoms. The number of aromatic nitrogens is 1. The Kier molecular flexibility index (Phi) is 10.8. The summed E-state index contributed by atoms with van der Waals surface area (Å²) in [6, 6.07) is 15.5. The van der Waals surface area contributed by atoms with E-state index in [1.54, 1.807) is 46.1 Å². The number of furan rings is 1. The first-order valence-corrected chi connectivity index (χ1v) is 21.4. The first-order chi connectivity index (χ1) is 27.7. The zero-order valence-corrected chi connectivity index (χ0v) is 35.3. The molecule has 3 amide bonds. The largest absolute Gasteiger partial charge is 0.497 e. The molecule has 314 valence electrons. The van der Waals surface area contributed by atoms with Crippen LogP contribution >= 0.6 is 0 Å². The van der Waals surface area contributed by atoms with Gasteiger partial charge in [0.15, 0.2) is 11.3 Å². The summed E-state index contributed by atoms with van der Waals surface area (Å²) in [5.41, 5.74) is -0.258. The molecule has 0 radical (unpaired) electrons. The minimum absolute atomic E-state index is 0.00373. The minimum Gasteiger partial charge on any atom is -0.497 e. The van der Waals surface area contributed by atoms with Gasteiger partial charge in [-0.05, 0) is 63.6 Å². The van der Waals surface area contributed by atoms with Gasteiger partial charge in [0.05, 0.1) is 42.3 Å². The quantitative estimate of drug-likeness (QED) is 0.118. The first-order valence-electron chi connectivity index (χ1n) is 19.9. The molecule has 3 heterocycles. The molecular weight excluding hydrogens is 777 g/mol. The predicted molar refractivity (Wildman–Crippen MR) is 221 cm³/mol. The van der Waals surface area contributed by atoms with E-state index in [1.807, 2.05) is 57.2 Å². The molecule has 0 unspecified atom stereocenters. The number of carbonyl (C=O) groups excluding carboxylic acids is 4. The average molecular weight is 829 g/mol. The second-order valence-electron chi connectivity index (χ2n) is 17.9. The van der Waals surface area contributed by atoms with Crippen LogP contribution < -0.4 is 19.5 Å². The van der Waals surface area contributed by atoms with Crippen LogP contribution in [0.5, 0.6) is 11.5 Å². The molecule has 2 aromatic heterocycles. The summed E-state index contributed by atoms with van der Waals surface area (Å²) < 4.78 is 52.0. The lowest BCUT2D eigenvalue weighted by Crippen LogP contribution is -2.57. The second kappa shape index (κ2) is 15.3. The van der Waals surface area contributed by atoms with E-state index < -0.39 is 79.5 Å². The van der Waals surface area contributed by atoms with E-state index in [4.69, 9.17) is 23.6 Å². The number of fused-ring (bicyclic) bond motifs is 3. The molecule has 0 bridgehead atoms. The lowest BCUT2D eigenvalue weighted by molar-refractivity contribution is -0.161. The first kappa shape index (κ1) is 41.7. The maximum absolute atomic E-state index is 14.8. The Morgan fingerprint density at radius 1 is 1.05 bits per heavy atom. The molecule has 4 aromatic rings. The maximum atomic E-state index is 14.8. The van der Waals surface area contributed by atoms with Gasteiger partial charge in [0.25, 0.3) is 5.91 Å². The van der Waals surface area contributed by atoms with Crippen molar-refractivity contribution in [2.45, 2.75) is 102 Å². The molecule has 7 rings (SSSR count). The van der Waals surface area contributed by atoms with Crippen LogP contribution in [0, 0.1) is 17.3 Å². The van der Waals surface area contributed by atoms with Crippen molar-refractivity contribution in [2.75, 3.05) is 13.7 Å². The summed E-state index contributed by atoms with van der Waals surface area (Å²) in [6.07, 6.45) is 1.51. The van der Waals surface area contributed by atoms with Crippen LogP contribution in [0.15, 0.2) is 71.7 Å². The topological polar surface area (TPSA) is 183 Å². The smallest absolute Gasteiger partial charge is 0.307 e. The number of esters is 1. The Morgan fingerprint density at radius 3 is 2.37 bits per heavy atom. The summed E-state index contributed by atoms with van der Waals surface area (Å²) in [5.74, 6) is -3.06. The van der Waals surface area contributed by atoms with Crippen molar-refractivity contribution in [3.63, 3.8) is 0 Å². The van der Waals surface area contributed by atoms with Gasteiger partial charge in [-0.3, -0.25) is 23.9 Å². The summed E-state index contributed by atoms with van der Waals surface area (Å²) in [7, 11) is -2.35. The SMILES string of the molecule is C=C[C@@H]1C[C@]1(NC(=O)[C@@H]1C[C@@H](Oc2cc(-c3ccccc3)nc3c2oc2ccc(OC)cc23)CN1C(=O)[C@@H](CC(=O)OC(C)(C)C)C(C)(C)C)C(=O)NS(=O)(=O)C1CC1. The van der Waals surface area contributed by atoms with Gasteiger partial charge in [0, 0.05) is 24.0 Å². The monoisotopic (exact) mass is 828 g/mol. The minimum atomic E-state index is -3.93. The zero-order chi connectivity index (χ0) is 42.7. The molecule has 3 fully saturated rings. The molecule has 2 saturated carbocycles. The molecule has 14 nitrogen and oxygen atoms in total. The number of hydrogen-bond acceptors (Lipinski definition) is 11. The third-order valence-electron chi connectivity index (χ3n) is 11.2. The highest BCUT2D eigenvalue weighted by atomic mass is 32.2. The number of likely N-dealkylation sites (tertiary alicyclic amines) is 1. The van der Waals surface area contributed by atoms with Crippen LogP contribution in [0.3, 0.4) is 0 Å². The lowest BCUT2D eigenvalue weighted by atomic mass is 9.77. The van der Waals surface area contributed by atoms with Crippen molar-refractivity contribution in [1.82, 2.24) is 19.9 Å². The van der Waals surface area contributed by atoms with E-state index in [1.165, 1.54) is 11.0 Å². The predicted octanol–water partition coefficient (Wildman–Crippen LogP) is 6.07. The molecular formula is C44H52N4O10S. The second-order valence-corrected chi connectivity index (χ2v) is 19.8. The molecule has 1 saturated heterocycles. The van der Waals surface area contributed by atoms with Gasteiger partial charge in [0.2, 0.25) is 21.8 Å². The number of benzene rings is 2. The van der Waals surface area contributed by atoms with Crippen molar-refractivity contribution in [3.8, 4) is 22.8 Å². The van der Waals surface area contributed by atoms with E-state index in [2.05, 4.69) is 16.6 Å². The van der Waals surface area contributed by atoms with Crippen molar-refractivity contribution in [1.29, 1.82) is 0 Å². The van der Waals surface area contributed by atoms with Crippen LogP contribution in [0.1, 0.15) is 73.6 Å². The Hall–Kier alpha value is -5.44. The number of pyridine rings is 1. The number of amides is 3. The normalized spacial score (nSPS) is 22.4. The van der Waals surface area contributed by atoms with Crippen molar-refractivity contribution in [3.05, 3.63) is 67.3 Å². The van der Waals surface area contributed by atoms with Crippen LogP contribution in [0.2, 0.25) is 0 Å². The van der Waals surface area contributed by atoms with Crippen LogP contribution in [-0.2, 0) is 33.9 Å². The number of nitrogens with one attached hydrogen (secondary N) is 2. The fourth-order valence-corrected chi connectivity index (χ4v) is 9.11. The molecule has 2 aromatic carbocycles. The van der Waals surface area contributed by atoms with Gasteiger partial charge < -0.3 is 28.8 Å². The highest BCUT2D eigenvalue weighted by molar-refractivity contribution is 7.91. The highest BCUT2D eigenvalue weighted by Crippen LogP contribution is 2.46. The van der Waals surface area contributed by atoms with Gasteiger partial charge >= 0.3 is 5.97 Å². The van der Waals surface area contributed by atoms with Crippen LogP contribution in [0.4, 0.5) is 0 Å². The number of rotatable bonds is 13. The van der Waals surface area contributed by atoms with Gasteiger partial charge in [-0.2, -0.15) is 0 Å². The third-order valence-corrected chi connectivity index (χ3v) is 13.0. The third kappa shape index (κ3) is 8.66. The Bertz CT molecular complexity index is 2430. The van der Waals surface area contributed by atoms with E-state index >= 15 is 0 Å². The Balaban J connectivity index is 1.25. The summed E-state index contributed by atoms with van der Waals surface area (Å²) in [6.45, 7) is 14.5. The van der Waals surface area contributed by atoms with Crippen molar-refractivity contribution >= 4 is 55.8 Å². The fourth-order valence-electron chi connectivity index (χ4n) is 7.74. The number of carbonyl (C=O) groups is 4. The summed E-state index contributed by atoms with van der Waals surface area (Å²) in [4.78, 5) is 62.6.